The van der Waals surface area contributed by atoms with Gasteiger partial charge in [-0.15, -0.1) is 0 Å². The lowest BCUT2D eigenvalue weighted by molar-refractivity contribution is -0.142. The van der Waals surface area contributed by atoms with Crippen LogP contribution in [-0.2, 0) is 9.59 Å². The number of carbonyl (C=O) groups excluding carboxylic acids is 2. The third-order valence-corrected chi connectivity index (χ3v) is 6.47. The molecule has 0 spiro atoms. The number of halogens is 2. The summed E-state index contributed by atoms with van der Waals surface area (Å²) in [6.07, 6.45) is 6.14. The Labute approximate surface area is 154 Å². The predicted molar refractivity (Wildman–Crippen MR) is 96.9 cm³/mol. The van der Waals surface area contributed by atoms with E-state index in [2.05, 4.69) is 6.92 Å². The maximum absolute atomic E-state index is 14.2. The van der Waals surface area contributed by atoms with Crippen LogP contribution in [0.25, 0.3) is 0 Å². The normalized spacial score (nSPS) is 29.4. The van der Waals surface area contributed by atoms with Gasteiger partial charge in [0, 0.05) is 11.8 Å². The fourth-order valence-corrected chi connectivity index (χ4v) is 4.57. The molecular weight excluding hydrogens is 334 g/mol. The molecule has 2 aliphatic rings. The summed E-state index contributed by atoms with van der Waals surface area (Å²) in [6, 6.07) is 3.27. The maximum atomic E-state index is 14.2. The number of rotatable bonds is 4. The molecule has 0 radical (unpaired) electrons. The van der Waals surface area contributed by atoms with Crippen molar-refractivity contribution in [2.75, 3.05) is 0 Å². The number of Topliss-reactive ketones (excluding diaryl/α,β-unsaturated/α-hetero) is 2. The summed E-state index contributed by atoms with van der Waals surface area (Å²) in [5, 5.41) is 0. The molecule has 0 bridgehead atoms. The molecule has 142 valence electrons. The smallest absolute Gasteiger partial charge is 0.201 e. The first-order valence-corrected chi connectivity index (χ1v) is 9.91. The molecular formula is C22H28F2O2. The molecule has 0 N–H and O–H groups in total. The molecule has 0 amide bonds. The second-order valence-electron chi connectivity index (χ2n) is 8.33. The van der Waals surface area contributed by atoms with Gasteiger partial charge in [0.05, 0.1) is 0 Å². The minimum absolute atomic E-state index is 0.0696. The molecule has 1 aromatic rings. The van der Waals surface area contributed by atoms with Crippen molar-refractivity contribution in [1.29, 1.82) is 0 Å². The Kier molecular flexibility index (Phi) is 5.89. The lowest BCUT2D eigenvalue weighted by Gasteiger charge is -2.30. The molecule has 2 saturated carbocycles. The minimum Gasteiger partial charge on any atom is -0.291 e. The van der Waals surface area contributed by atoms with Crippen LogP contribution in [-0.4, -0.2) is 11.6 Å². The summed E-state index contributed by atoms with van der Waals surface area (Å²) in [6.45, 7) is 3.74. The van der Waals surface area contributed by atoms with Crippen LogP contribution in [0.1, 0.15) is 75.3 Å². The van der Waals surface area contributed by atoms with Crippen molar-refractivity contribution in [3.05, 3.63) is 34.9 Å². The molecule has 0 heterocycles. The van der Waals surface area contributed by atoms with E-state index in [0.29, 0.717) is 42.7 Å². The second kappa shape index (κ2) is 7.98. The van der Waals surface area contributed by atoms with E-state index in [4.69, 9.17) is 0 Å². The van der Waals surface area contributed by atoms with Gasteiger partial charge in [-0.25, -0.2) is 8.78 Å². The van der Waals surface area contributed by atoms with E-state index in [1.807, 2.05) is 0 Å². The van der Waals surface area contributed by atoms with Crippen LogP contribution in [0, 0.1) is 36.3 Å². The van der Waals surface area contributed by atoms with Crippen molar-refractivity contribution >= 4 is 11.6 Å². The number of hydrogen-bond acceptors (Lipinski definition) is 2. The van der Waals surface area contributed by atoms with Gasteiger partial charge in [0.1, 0.15) is 0 Å². The van der Waals surface area contributed by atoms with Crippen LogP contribution in [0.15, 0.2) is 12.1 Å². The first-order chi connectivity index (χ1) is 12.4. The zero-order valence-corrected chi connectivity index (χ0v) is 15.7. The third-order valence-electron chi connectivity index (χ3n) is 6.47. The highest BCUT2D eigenvalue weighted by atomic mass is 19.2. The van der Waals surface area contributed by atoms with Crippen LogP contribution in [0.3, 0.4) is 0 Å². The maximum Gasteiger partial charge on any atom is 0.201 e. The predicted octanol–water partition coefficient (Wildman–Crippen LogP) is 5.51. The largest absolute Gasteiger partial charge is 0.291 e. The van der Waals surface area contributed by atoms with Crippen molar-refractivity contribution in [2.45, 2.75) is 71.1 Å². The fraction of sp³-hybridized carbons (Fsp3) is 0.636. The third kappa shape index (κ3) is 3.89. The molecule has 2 fully saturated rings. The van der Waals surface area contributed by atoms with Gasteiger partial charge in [-0.1, -0.05) is 31.9 Å². The molecule has 1 aromatic carbocycles. The topological polar surface area (TPSA) is 34.1 Å². The van der Waals surface area contributed by atoms with Gasteiger partial charge < -0.3 is 0 Å². The molecule has 0 unspecified atom stereocenters. The van der Waals surface area contributed by atoms with E-state index in [9.17, 15) is 18.4 Å². The molecule has 2 nitrogen and oxygen atoms in total. The average molecular weight is 362 g/mol. The van der Waals surface area contributed by atoms with Crippen molar-refractivity contribution in [2.24, 2.45) is 17.8 Å². The zero-order chi connectivity index (χ0) is 18.8. The summed E-state index contributed by atoms with van der Waals surface area (Å²) in [7, 11) is 0. The molecule has 0 aromatic heterocycles. The van der Waals surface area contributed by atoms with Crippen molar-refractivity contribution in [3.8, 4) is 0 Å². The van der Waals surface area contributed by atoms with Gasteiger partial charge in [0.2, 0.25) is 11.6 Å². The summed E-state index contributed by atoms with van der Waals surface area (Å²) < 4.78 is 28.0. The number of aryl methyl sites for hydroxylation is 1. The highest BCUT2D eigenvalue weighted by molar-refractivity contribution is 6.38. The summed E-state index contributed by atoms with van der Waals surface area (Å²) in [5.74, 6) is -1.70. The van der Waals surface area contributed by atoms with Gasteiger partial charge in [-0.05, 0) is 68.4 Å². The summed E-state index contributed by atoms with van der Waals surface area (Å²) in [5.41, 5.74) is 0.717. The Morgan fingerprint density at radius 2 is 1.31 bits per heavy atom. The Morgan fingerprint density at radius 3 is 1.85 bits per heavy atom. The standard InChI is InChI=1S/C22H28F2O2/c1-13-3-6-16(7-4-13)21(25)22(26)17-10-8-15(9-11-17)18-12-5-14(2)19(23)20(18)24/h5,12-13,15-17H,3-4,6-11H2,1-2H3. The van der Waals surface area contributed by atoms with Crippen molar-refractivity contribution < 1.29 is 18.4 Å². The quantitative estimate of drug-likeness (QED) is 0.662. The van der Waals surface area contributed by atoms with E-state index < -0.39 is 11.6 Å². The average Bonchev–Trinajstić information content (AvgIpc) is 2.66. The van der Waals surface area contributed by atoms with E-state index in [1.54, 1.807) is 19.1 Å². The van der Waals surface area contributed by atoms with Gasteiger partial charge in [0.25, 0.3) is 0 Å². The number of ketones is 2. The molecule has 0 aliphatic heterocycles. The van der Waals surface area contributed by atoms with Gasteiger partial charge in [0.15, 0.2) is 11.6 Å². The van der Waals surface area contributed by atoms with Gasteiger partial charge in [-0.3, -0.25) is 9.59 Å². The van der Waals surface area contributed by atoms with Crippen LogP contribution in [0.2, 0.25) is 0 Å². The van der Waals surface area contributed by atoms with Gasteiger partial charge >= 0.3 is 0 Å². The van der Waals surface area contributed by atoms with E-state index >= 15 is 0 Å². The van der Waals surface area contributed by atoms with Crippen molar-refractivity contribution in [3.63, 3.8) is 0 Å². The van der Waals surface area contributed by atoms with E-state index in [-0.39, 0.29) is 29.3 Å². The Bertz CT molecular complexity index is 682. The minimum atomic E-state index is -0.776. The molecule has 3 rings (SSSR count). The van der Waals surface area contributed by atoms with Crippen LogP contribution in [0.5, 0.6) is 0 Å². The van der Waals surface area contributed by atoms with Crippen LogP contribution in [0.4, 0.5) is 8.78 Å². The SMILES string of the molecule is Cc1ccc(C2CCC(C(=O)C(=O)C3CCC(C)CC3)CC2)c(F)c1F. The van der Waals surface area contributed by atoms with Crippen LogP contribution < -0.4 is 0 Å². The molecule has 2 aliphatic carbocycles. The molecule has 0 saturated heterocycles. The summed E-state index contributed by atoms with van der Waals surface area (Å²) in [4.78, 5) is 25.1. The van der Waals surface area contributed by atoms with E-state index in [0.717, 1.165) is 25.7 Å². The monoisotopic (exact) mass is 362 g/mol. The Morgan fingerprint density at radius 1 is 0.808 bits per heavy atom. The highest BCUT2D eigenvalue weighted by Gasteiger charge is 2.35. The number of hydrogen-bond donors (Lipinski definition) is 0. The molecule has 4 heteroatoms. The lowest BCUT2D eigenvalue weighted by atomic mass is 9.73. The van der Waals surface area contributed by atoms with E-state index in [1.165, 1.54) is 0 Å². The molecule has 0 atom stereocenters. The highest BCUT2D eigenvalue weighted by Crippen LogP contribution is 2.39. The fourth-order valence-electron chi connectivity index (χ4n) is 4.57. The molecule has 26 heavy (non-hydrogen) atoms. The number of benzene rings is 1. The Balaban J connectivity index is 1.59. The zero-order valence-electron chi connectivity index (χ0n) is 15.7. The van der Waals surface area contributed by atoms with Crippen LogP contribution >= 0.6 is 0 Å². The number of carbonyl (C=O) groups is 2. The summed E-state index contributed by atoms with van der Waals surface area (Å²) >= 11 is 0. The van der Waals surface area contributed by atoms with Crippen molar-refractivity contribution in [1.82, 2.24) is 0 Å². The van der Waals surface area contributed by atoms with Gasteiger partial charge in [-0.2, -0.15) is 0 Å². The first-order valence-electron chi connectivity index (χ1n) is 9.91. The second-order valence-corrected chi connectivity index (χ2v) is 8.33. The lowest BCUT2D eigenvalue weighted by Crippen LogP contribution is -2.33. The Hall–Kier alpha value is -1.58. The first kappa shape index (κ1) is 19.2.